The van der Waals surface area contributed by atoms with E-state index in [-0.39, 0.29) is 6.10 Å². The van der Waals surface area contributed by atoms with Crippen molar-refractivity contribution in [1.29, 1.82) is 0 Å². The molecule has 0 N–H and O–H groups in total. The molecule has 0 atom stereocenters. The molecule has 1 aliphatic heterocycles. The van der Waals surface area contributed by atoms with E-state index >= 15 is 0 Å². The Balaban J connectivity index is 1.44. The summed E-state index contributed by atoms with van der Waals surface area (Å²) in [4.78, 5) is 6.88. The maximum Gasteiger partial charge on any atom is 0.247 e. The van der Waals surface area contributed by atoms with Gasteiger partial charge in [-0.1, -0.05) is 29.8 Å². The highest BCUT2D eigenvalue weighted by Gasteiger charge is 2.30. The van der Waals surface area contributed by atoms with Crippen molar-refractivity contribution < 1.29 is 4.74 Å². The Bertz CT molecular complexity index is 870. The average Bonchev–Trinajstić information content (AvgIpc) is 2.52. The van der Waals surface area contributed by atoms with Crippen molar-refractivity contribution in [3.05, 3.63) is 51.2 Å². The number of benzene rings is 1. The third-order valence-electron chi connectivity index (χ3n) is 3.72. The van der Waals surface area contributed by atoms with Crippen LogP contribution in [0, 0.1) is 3.57 Å². The van der Waals surface area contributed by atoms with Gasteiger partial charge in [0, 0.05) is 5.39 Å². The first kappa shape index (κ1) is 14.9. The normalized spacial score (nSPS) is 14.8. The monoisotopic (exact) mass is 438 g/mol. The molecule has 5 nitrogen and oxygen atoms in total. The van der Waals surface area contributed by atoms with Crippen LogP contribution in [-0.2, 0) is 0 Å². The zero-order chi connectivity index (χ0) is 15.8. The van der Waals surface area contributed by atoms with E-state index in [9.17, 15) is 0 Å². The van der Waals surface area contributed by atoms with Gasteiger partial charge in [0.05, 0.1) is 22.2 Å². The molecule has 3 heterocycles. The second kappa shape index (κ2) is 6.09. The molecule has 1 aromatic carbocycles. The standard InChI is InChI=1S/C16H12ClIN4O/c17-14-7-12(18)16(21-20-14)23-11-8-22(9-11)15-6-5-10-3-1-2-4-13(10)19-15/h1-7,11H,8-9H2. The lowest BCUT2D eigenvalue weighted by Gasteiger charge is -2.39. The number of halogens is 2. The van der Waals surface area contributed by atoms with E-state index in [0.717, 1.165) is 33.4 Å². The predicted molar refractivity (Wildman–Crippen MR) is 98.1 cm³/mol. The van der Waals surface area contributed by atoms with E-state index in [2.05, 4.69) is 49.8 Å². The van der Waals surface area contributed by atoms with Gasteiger partial charge in [-0.25, -0.2) is 4.98 Å². The summed E-state index contributed by atoms with van der Waals surface area (Å²) >= 11 is 7.95. The number of aromatic nitrogens is 3. The largest absolute Gasteiger partial charge is 0.469 e. The van der Waals surface area contributed by atoms with E-state index < -0.39 is 0 Å². The second-order valence-corrected chi connectivity index (χ2v) is 6.88. The molecule has 4 rings (SSSR count). The van der Waals surface area contributed by atoms with Gasteiger partial charge in [-0.05, 0) is 46.9 Å². The summed E-state index contributed by atoms with van der Waals surface area (Å²) in [6, 6.07) is 14.0. The Hall–Kier alpha value is -1.67. The van der Waals surface area contributed by atoms with Crippen LogP contribution < -0.4 is 9.64 Å². The highest BCUT2D eigenvalue weighted by Crippen LogP contribution is 2.26. The first-order valence-corrected chi connectivity index (χ1v) is 8.61. The van der Waals surface area contributed by atoms with Gasteiger partial charge in [0.1, 0.15) is 11.9 Å². The minimum absolute atomic E-state index is 0.0901. The number of para-hydroxylation sites is 1. The lowest BCUT2D eigenvalue weighted by atomic mass is 10.1. The number of hydrogen-bond acceptors (Lipinski definition) is 5. The highest BCUT2D eigenvalue weighted by atomic mass is 127. The maximum atomic E-state index is 5.87. The van der Waals surface area contributed by atoms with Crippen LogP contribution in [0.15, 0.2) is 42.5 Å². The van der Waals surface area contributed by atoms with Crippen molar-refractivity contribution in [3.8, 4) is 5.88 Å². The second-order valence-electron chi connectivity index (χ2n) is 5.33. The molecule has 0 radical (unpaired) electrons. The van der Waals surface area contributed by atoms with Crippen LogP contribution >= 0.6 is 34.2 Å². The van der Waals surface area contributed by atoms with Gasteiger partial charge < -0.3 is 9.64 Å². The van der Waals surface area contributed by atoms with Gasteiger partial charge in [0.2, 0.25) is 5.88 Å². The third-order valence-corrected chi connectivity index (χ3v) is 4.68. The summed E-state index contributed by atoms with van der Waals surface area (Å²) in [7, 11) is 0. The number of ether oxygens (including phenoxy) is 1. The minimum Gasteiger partial charge on any atom is -0.469 e. The SMILES string of the molecule is Clc1cc(I)c(OC2CN(c3ccc4ccccc4n3)C2)nn1. The predicted octanol–water partition coefficient (Wildman–Crippen LogP) is 3.55. The Morgan fingerprint density at radius 2 is 1.96 bits per heavy atom. The smallest absolute Gasteiger partial charge is 0.247 e. The Morgan fingerprint density at radius 3 is 2.78 bits per heavy atom. The minimum atomic E-state index is 0.0901. The van der Waals surface area contributed by atoms with Crippen LogP contribution in [0.4, 0.5) is 5.82 Å². The molecule has 1 fully saturated rings. The molecule has 0 spiro atoms. The zero-order valence-corrected chi connectivity index (χ0v) is 14.9. The molecule has 116 valence electrons. The van der Waals surface area contributed by atoms with Crippen molar-refractivity contribution in [2.24, 2.45) is 0 Å². The third kappa shape index (κ3) is 3.05. The fraction of sp³-hybridized carbons (Fsp3) is 0.188. The van der Waals surface area contributed by atoms with Crippen LogP contribution in [0.25, 0.3) is 10.9 Å². The average molecular weight is 439 g/mol. The Labute approximate surface area is 151 Å². The molecule has 2 aromatic heterocycles. The van der Waals surface area contributed by atoms with Crippen LogP contribution in [0.2, 0.25) is 5.15 Å². The maximum absolute atomic E-state index is 5.87. The van der Waals surface area contributed by atoms with E-state index in [1.165, 1.54) is 0 Å². The van der Waals surface area contributed by atoms with E-state index in [1.807, 2.05) is 24.3 Å². The van der Waals surface area contributed by atoms with Crippen LogP contribution in [0.5, 0.6) is 5.88 Å². The number of rotatable bonds is 3. The Morgan fingerprint density at radius 1 is 1.13 bits per heavy atom. The summed E-state index contributed by atoms with van der Waals surface area (Å²) in [5, 5.41) is 9.34. The fourth-order valence-electron chi connectivity index (χ4n) is 2.50. The number of fused-ring (bicyclic) bond motifs is 1. The lowest BCUT2D eigenvalue weighted by Crippen LogP contribution is -2.54. The van der Waals surface area contributed by atoms with Gasteiger partial charge >= 0.3 is 0 Å². The molecule has 0 bridgehead atoms. The molecule has 0 aliphatic carbocycles. The number of nitrogens with zero attached hydrogens (tertiary/aromatic N) is 4. The van der Waals surface area contributed by atoms with Gasteiger partial charge in [0.15, 0.2) is 5.15 Å². The molecule has 1 aliphatic rings. The first-order chi connectivity index (χ1) is 11.2. The summed E-state index contributed by atoms with van der Waals surface area (Å²) in [5.74, 6) is 1.51. The molecule has 0 amide bonds. The van der Waals surface area contributed by atoms with Gasteiger partial charge in [-0.2, -0.15) is 0 Å². The van der Waals surface area contributed by atoms with E-state index in [4.69, 9.17) is 21.3 Å². The molecular weight excluding hydrogens is 427 g/mol. The molecular formula is C16H12ClIN4O. The van der Waals surface area contributed by atoms with Crippen molar-refractivity contribution in [2.75, 3.05) is 18.0 Å². The fourth-order valence-corrected chi connectivity index (χ4v) is 3.37. The van der Waals surface area contributed by atoms with Crippen molar-refractivity contribution >= 4 is 50.9 Å². The molecule has 0 saturated carbocycles. The Kier molecular flexibility index (Phi) is 3.94. The highest BCUT2D eigenvalue weighted by molar-refractivity contribution is 14.1. The van der Waals surface area contributed by atoms with Crippen molar-refractivity contribution in [2.45, 2.75) is 6.10 Å². The number of anilines is 1. The number of hydrogen-bond donors (Lipinski definition) is 0. The molecule has 7 heteroatoms. The van der Waals surface area contributed by atoms with Gasteiger partial charge in [-0.15, -0.1) is 10.2 Å². The summed E-state index contributed by atoms with van der Waals surface area (Å²) in [6.07, 6.45) is 0.0901. The zero-order valence-electron chi connectivity index (χ0n) is 12.0. The van der Waals surface area contributed by atoms with Crippen molar-refractivity contribution in [1.82, 2.24) is 15.2 Å². The van der Waals surface area contributed by atoms with Crippen LogP contribution in [-0.4, -0.2) is 34.4 Å². The van der Waals surface area contributed by atoms with E-state index in [1.54, 1.807) is 6.07 Å². The molecule has 1 saturated heterocycles. The summed E-state index contributed by atoms with van der Waals surface area (Å²) in [5.41, 5.74) is 1.01. The molecule has 0 unspecified atom stereocenters. The summed E-state index contributed by atoms with van der Waals surface area (Å²) in [6.45, 7) is 1.57. The van der Waals surface area contributed by atoms with Crippen LogP contribution in [0.1, 0.15) is 0 Å². The number of pyridine rings is 1. The van der Waals surface area contributed by atoms with Gasteiger partial charge in [-0.3, -0.25) is 0 Å². The topological polar surface area (TPSA) is 51.1 Å². The quantitative estimate of drug-likeness (QED) is 0.586. The van der Waals surface area contributed by atoms with E-state index in [0.29, 0.717) is 11.0 Å². The molecule has 3 aromatic rings. The first-order valence-electron chi connectivity index (χ1n) is 7.15. The van der Waals surface area contributed by atoms with Crippen LogP contribution in [0.3, 0.4) is 0 Å². The molecule has 23 heavy (non-hydrogen) atoms. The van der Waals surface area contributed by atoms with Gasteiger partial charge in [0.25, 0.3) is 0 Å². The van der Waals surface area contributed by atoms with Crippen molar-refractivity contribution in [3.63, 3.8) is 0 Å². The summed E-state index contributed by atoms with van der Waals surface area (Å²) < 4.78 is 6.73. The lowest BCUT2D eigenvalue weighted by molar-refractivity contribution is 0.157.